The van der Waals surface area contributed by atoms with Crippen molar-refractivity contribution in [3.05, 3.63) is 126 Å². The van der Waals surface area contributed by atoms with Crippen molar-refractivity contribution in [2.75, 3.05) is 13.2 Å². The molecular weight excluding hydrogens is 496 g/mol. The van der Waals surface area contributed by atoms with Crippen molar-refractivity contribution < 1.29 is 14.3 Å². The second kappa shape index (κ2) is 11.0. The summed E-state index contributed by atoms with van der Waals surface area (Å²) in [5.41, 5.74) is 4.22. The van der Waals surface area contributed by atoms with Crippen LogP contribution in [0.1, 0.15) is 42.1 Å². The molecule has 3 aromatic carbocycles. The van der Waals surface area contributed by atoms with Crippen LogP contribution in [0.3, 0.4) is 0 Å². The molecule has 0 aliphatic carbocycles. The van der Waals surface area contributed by atoms with Crippen molar-refractivity contribution in [3.8, 4) is 5.75 Å². The highest BCUT2D eigenvalue weighted by Crippen LogP contribution is 2.35. The Morgan fingerprint density at radius 3 is 2.45 bits per heavy atom. The Balaban J connectivity index is 1.80. The van der Waals surface area contributed by atoms with Gasteiger partial charge in [-0.25, -0.2) is 9.79 Å². The van der Waals surface area contributed by atoms with Crippen LogP contribution >= 0.6 is 11.3 Å². The van der Waals surface area contributed by atoms with Gasteiger partial charge < -0.3 is 9.47 Å². The molecule has 38 heavy (non-hydrogen) atoms. The van der Waals surface area contributed by atoms with Gasteiger partial charge in [-0.3, -0.25) is 9.36 Å². The van der Waals surface area contributed by atoms with E-state index in [-0.39, 0.29) is 12.2 Å². The van der Waals surface area contributed by atoms with Gasteiger partial charge in [0, 0.05) is 5.56 Å². The number of fused-ring (bicyclic) bond motifs is 1. The summed E-state index contributed by atoms with van der Waals surface area (Å²) in [6, 6.07) is 24.3. The number of esters is 1. The SMILES string of the molecule is CCOC(=O)C1=C(c2ccccc2)N=c2s/c(=C/c3cccc(C)c3)c(=O)n2[C@H]1c1ccc(OCC)cc1. The summed E-state index contributed by atoms with van der Waals surface area (Å²) in [6.07, 6.45) is 1.88. The normalized spacial score (nSPS) is 15.1. The van der Waals surface area contributed by atoms with E-state index in [0.717, 1.165) is 22.3 Å². The number of thiazole rings is 1. The molecule has 0 spiro atoms. The monoisotopic (exact) mass is 524 g/mol. The molecule has 1 aromatic heterocycles. The Hall–Kier alpha value is -4.23. The third kappa shape index (κ3) is 4.97. The molecule has 7 heteroatoms. The van der Waals surface area contributed by atoms with Gasteiger partial charge in [-0.15, -0.1) is 0 Å². The lowest BCUT2D eigenvalue weighted by Crippen LogP contribution is -2.40. The number of carbonyl (C=O) groups is 1. The van der Waals surface area contributed by atoms with Crippen LogP contribution in [0.5, 0.6) is 5.75 Å². The lowest BCUT2D eigenvalue weighted by molar-refractivity contribution is -0.138. The van der Waals surface area contributed by atoms with Gasteiger partial charge in [0.1, 0.15) is 5.75 Å². The molecule has 0 unspecified atom stereocenters. The molecule has 0 N–H and O–H groups in total. The Bertz CT molecular complexity index is 1680. The predicted octanol–water partition coefficient (Wildman–Crippen LogP) is 4.64. The molecule has 0 amide bonds. The molecular formula is C31H28N2O4S. The van der Waals surface area contributed by atoms with Crippen molar-refractivity contribution in [1.82, 2.24) is 4.57 Å². The maximum Gasteiger partial charge on any atom is 0.338 e. The van der Waals surface area contributed by atoms with E-state index >= 15 is 0 Å². The molecule has 4 aromatic rings. The zero-order valence-corrected chi connectivity index (χ0v) is 22.3. The third-order valence-corrected chi connectivity index (χ3v) is 7.20. The lowest BCUT2D eigenvalue weighted by Gasteiger charge is -2.26. The topological polar surface area (TPSA) is 69.9 Å². The smallest absolute Gasteiger partial charge is 0.338 e. The van der Waals surface area contributed by atoms with E-state index in [2.05, 4.69) is 0 Å². The summed E-state index contributed by atoms with van der Waals surface area (Å²) >= 11 is 1.32. The van der Waals surface area contributed by atoms with Crippen LogP contribution in [0.25, 0.3) is 11.8 Å². The first-order chi connectivity index (χ1) is 18.5. The average Bonchev–Trinajstić information content (AvgIpc) is 3.23. The van der Waals surface area contributed by atoms with E-state index < -0.39 is 12.0 Å². The summed E-state index contributed by atoms with van der Waals surface area (Å²) in [4.78, 5) is 32.8. The largest absolute Gasteiger partial charge is 0.494 e. The maximum atomic E-state index is 13.9. The summed E-state index contributed by atoms with van der Waals surface area (Å²) in [6.45, 7) is 6.46. The zero-order valence-electron chi connectivity index (χ0n) is 21.5. The number of rotatable bonds is 7. The van der Waals surface area contributed by atoms with Crippen molar-refractivity contribution in [1.29, 1.82) is 0 Å². The van der Waals surface area contributed by atoms with E-state index in [1.165, 1.54) is 11.3 Å². The Labute approximate surface area is 224 Å². The maximum absolute atomic E-state index is 13.9. The first kappa shape index (κ1) is 25.4. The lowest BCUT2D eigenvalue weighted by atomic mass is 9.93. The second-order valence-corrected chi connectivity index (χ2v) is 9.86. The fourth-order valence-electron chi connectivity index (χ4n) is 4.58. The number of nitrogens with zero attached hydrogens (tertiary/aromatic N) is 2. The second-order valence-electron chi connectivity index (χ2n) is 8.85. The Morgan fingerprint density at radius 2 is 1.76 bits per heavy atom. The highest BCUT2D eigenvalue weighted by atomic mass is 32.1. The van der Waals surface area contributed by atoms with Gasteiger partial charge in [0.2, 0.25) is 0 Å². The molecule has 0 radical (unpaired) electrons. The molecule has 1 aliphatic rings. The summed E-state index contributed by atoms with van der Waals surface area (Å²) in [5.74, 6) is 0.218. The van der Waals surface area contributed by atoms with Crippen molar-refractivity contribution in [2.45, 2.75) is 26.8 Å². The molecule has 5 rings (SSSR count). The minimum absolute atomic E-state index is 0.206. The third-order valence-electron chi connectivity index (χ3n) is 6.22. The molecule has 0 bridgehead atoms. The van der Waals surface area contributed by atoms with Crippen molar-refractivity contribution in [3.63, 3.8) is 0 Å². The quantitative estimate of drug-likeness (QED) is 0.330. The average molecular weight is 525 g/mol. The minimum Gasteiger partial charge on any atom is -0.494 e. The van der Waals surface area contributed by atoms with Crippen LogP contribution < -0.4 is 19.6 Å². The van der Waals surface area contributed by atoms with Crippen LogP contribution in [0.2, 0.25) is 0 Å². The van der Waals surface area contributed by atoms with Crippen LogP contribution in [0.15, 0.2) is 94.2 Å². The van der Waals surface area contributed by atoms with Gasteiger partial charge in [-0.05, 0) is 50.1 Å². The summed E-state index contributed by atoms with van der Waals surface area (Å²) < 4.78 is 13.3. The summed E-state index contributed by atoms with van der Waals surface area (Å²) in [7, 11) is 0. The molecule has 6 nitrogen and oxygen atoms in total. The van der Waals surface area contributed by atoms with Gasteiger partial charge >= 0.3 is 5.97 Å². The van der Waals surface area contributed by atoms with Gasteiger partial charge in [0.15, 0.2) is 4.80 Å². The number of ether oxygens (including phenoxy) is 2. The highest BCUT2D eigenvalue weighted by molar-refractivity contribution is 7.07. The van der Waals surface area contributed by atoms with E-state index in [9.17, 15) is 9.59 Å². The molecule has 1 atom stereocenters. The zero-order chi connectivity index (χ0) is 26.6. The van der Waals surface area contributed by atoms with Gasteiger partial charge in [0.25, 0.3) is 5.56 Å². The van der Waals surface area contributed by atoms with Crippen LogP contribution in [0.4, 0.5) is 0 Å². The van der Waals surface area contributed by atoms with Gasteiger partial charge in [0.05, 0.1) is 35.1 Å². The standard InChI is InChI=1S/C31H28N2O4S/c1-4-36-24-16-14-23(15-17-24)28-26(30(35)37-5-2)27(22-12-7-6-8-13-22)32-31-33(28)29(34)25(38-31)19-21-11-9-10-20(3)18-21/h6-19,28H,4-5H2,1-3H3/b25-19+/t28-/m0/s1. The first-order valence-electron chi connectivity index (χ1n) is 12.6. The van der Waals surface area contributed by atoms with Crippen LogP contribution in [-0.2, 0) is 9.53 Å². The molecule has 1 aliphatic heterocycles. The van der Waals surface area contributed by atoms with Gasteiger partial charge in [-0.1, -0.05) is 83.6 Å². The molecule has 0 saturated carbocycles. The minimum atomic E-state index is -0.712. The Kier molecular flexibility index (Phi) is 7.38. The first-order valence-corrected chi connectivity index (χ1v) is 13.4. The fraction of sp³-hybridized carbons (Fsp3) is 0.194. The number of aryl methyl sites for hydroxylation is 1. The fourth-order valence-corrected chi connectivity index (χ4v) is 5.58. The van der Waals surface area contributed by atoms with Crippen LogP contribution in [-0.4, -0.2) is 23.8 Å². The highest BCUT2D eigenvalue weighted by Gasteiger charge is 2.35. The number of hydrogen-bond acceptors (Lipinski definition) is 6. The number of aromatic nitrogens is 1. The summed E-state index contributed by atoms with van der Waals surface area (Å²) in [5, 5.41) is 0. The predicted molar refractivity (Wildman–Crippen MR) is 150 cm³/mol. The number of carbonyl (C=O) groups excluding carboxylic acids is 1. The van der Waals surface area contributed by atoms with Crippen molar-refractivity contribution >= 4 is 29.1 Å². The number of hydrogen-bond donors (Lipinski definition) is 0. The van der Waals surface area contributed by atoms with E-state index in [0.29, 0.717) is 33.0 Å². The van der Waals surface area contributed by atoms with E-state index in [4.69, 9.17) is 14.5 Å². The van der Waals surface area contributed by atoms with Gasteiger partial charge in [-0.2, -0.15) is 0 Å². The molecule has 0 fully saturated rings. The van der Waals surface area contributed by atoms with Crippen LogP contribution in [0, 0.1) is 6.92 Å². The molecule has 2 heterocycles. The Morgan fingerprint density at radius 1 is 1.00 bits per heavy atom. The van der Waals surface area contributed by atoms with E-state index in [1.54, 1.807) is 11.5 Å². The number of benzene rings is 3. The van der Waals surface area contributed by atoms with Crippen molar-refractivity contribution in [2.24, 2.45) is 4.99 Å². The molecule has 192 valence electrons. The van der Waals surface area contributed by atoms with E-state index in [1.807, 2.05) is 98.8 Å². The molecule has 0 saturated heterocycles.